The molecule has 2 aromatic rings. The van der Waals surface area contributed by atoms with E-state index < -0.39 is 0 Å². The van der Waals surface area contributed by atoms with Gasteiger partial charge in [-0.15, -0.1) is 0 Å². The van der Waals surface area contributed by atoms with Gasteiger partial charge < -0.3 is 9.26 Å². The Balaban J connectivity index is 1.65. The van der Waals surface area contributed by atoms with Gasteiger partial charge in [-0.2, -0.15) is 4.98 Å². The first-order chi connectivity index (χ1) is 9.78. The summed E-state index contributed by atoms with van der Waals surface area (Å²) in [7, 11) is 0. The number of hydrogen-bond donors (Lipinski definition) is 0. The minimum Gasteiger partial charge on any atom is -0.381 e. The average molecular weight is 274 g/mol. The smallest absolute Gasteiger partial charge is 0.237 e. The molecule has 1 saturated carbocycles. The van der Waals surface area contributed by atoms with Crippen molar-refractivity contribution in [1.29, 1.82) is 0 Å². The molecule has 2 fully saturated rings. The maximum absolute atomic E-state index is 13.0. The quantitative estimate of drug-likeness (QED) is 0.863. The number of benzene rings is 1. The van der Waals surface area contributed by atoms with Crippen LogP contribution in [0.15, 0.2) is 28.8 Å². The average Bonchev–Trinajstić information content (AvgIpc) is 2.93. The third-order valence-corrected chi connectivity index (χ3v) is 4.29. The molecular weight excluding hydrogens is 259 g/mol. The standard InChI is InChI=1S/C15H15FN2O2/c16-12-3-1-11(2-4-12)15(6-7-15)14-17-13(18-20-14)10-5-8-19-9-10/h1-4,10H,5-9H2. The van der Waals surface area contributed by atoms with Gasteiger partial charge in [0.2, 0.25) is 5.89 Å². The van der Waals surface area contributed by atoms with E-state index in [-0.39, 0.29) is 17.2 Å². The number of hydrogen-bond acceptors (Lipinski definition) is 4. The Bertz CT molecular complexity index is 613. The molecule has 104 valence electrons. The highest BCUT2D eigenvalue weighted by Crippen LogP contribution is 2.53. The van der Waals surface area contributed by atoms with Crippen molar-refractivity contribution in [3.8, 4) is 0 Å². The van der Waals surface area contributed by atoms with Crippen molar-refractivity contribution < 1.29 is 13.7 Å². The van der Waals surface area contributed by atoms with Crippen LogP contribution in [0.3, 0.4) is 0 Å². The fourth-order valence-electron chi connectivity index (χ4n) is 2.85. The number of rotatable bonds is 3. The number of ether oxygens (including phenoxy) is 1. The summed E-state index contributed by atoms with van der Waals surface area (Å²) in [5, 5.41) is 4.11. The van der Waals surface area contributed by atoms with E-state index >= 15 is 0 Å². The second-order valence-corrected chi connectivity index (χ2v) is 5.61. The molecular formula is C15H15FN2O2. The number of halogens is 1. The van der Waals surface area contributed by atoms with E-state index in [0.29, 0.717) is 12.5 Å². The van der Waals surface area contributed by atoms with Crippen molar-refractivity contribution in [3.05, 3.63) is 47.4 Å². The largest absolute Gasteiger partial charge is 0.381 e. The zero-order valence-electron chi connectivity index (χ0n) is 11.0. The van der Waals surface area contributed by atoms with Gasteiger partial charge in [0.25, 0.3) is 0 Å². The van der Waals surface area contributed by atoms with Gasteiger partial charge in [0, 0.05) is 12.5 Å². The highest BCUT2D eigenvalue weighted by Gasteiger charge is 2.51. The molecule has 0 N–H and O–H groups in total. The van der Waals surface area contributed by atoms with Crippen LogP contribution in [0.2, 0.25) is 0 Å². The first-order valence-electron chi connectivity index (χ1n) is 6.96. The molecule has 1 aromatic carbocycles. The minimum absolute atomic E-state index is 0.196. The van der Waals surface area contributed by atoms with E-state index in [1.54, 1.807) is 0 Å². The molecule has 1 aromatic heterocycles. The van der Waals surface area contributed by atoms with Crippen LogP contribution in [0.25, 0.3) is 0 Å². The Kier molecular flexibility index (Phi) is 2.63. The van der Waals surface area contributed by atoms with Gasteiger partial charge in [0.05, 0.1) is 12.0 Å². The van der Waals surface area contributed by atoms with Gasteiger partial charge in [0.1, 0.15) is 5.82 Å². The lowest BCUT2D eigenvalue weighted by atomic mass is 9.96. The fraction of sp³-hybridized carbons (Fsp3) is 0.467. The van der Waals surface area contributed by atoms with E-state index in [4.69, 9.17) is 9.26 Å². The number of nitrogens with zero attached hydrogens (tertiary/aromatic N) is 2. The molecule has 1 aliphatic carbocycles. The van der Waals surface area contributed by atoms with Gasteiger partial charge in [-0.25, -0.2) is 4.39 Å². The van der Waals surface area contributed by atoms with Gasteiger partial charge in [-0.1, -0.05) is 17.3 Å². The molecule has 1 unspecified atom stereocenters. The SMILES string of the molecule is Fc1ccc(C2(c3nc(C4CCOC4)no3)CC2)cc1. The van der Waals surface area contributed by atoms with Crippen molar-refractivity contribution in [3.63, 3.8) is 0 Å². The molecule has 2 heterocycles. The zero-order chi connectivity index (χ0) is 13.6. The highest BCUT2D eigenvalue weighted by atomic mass is 19.1. The van der Waals surface area contributed by atoms with E-state index in [2.05, 4.69) is 10.1 Å². The van der Waals surface area contributed by atoms with Crippen LogP contribution >= 0.6 is 0 Å². The van der Waals surface area contributed by atoms with Crippen LogP contribution in [0, 0.1) is 5.82 Å². The molecule has 0 spiro atoms. The molecule has 1 saturated heterocycles. The maximum atomic E-state index is 13.0. The molecule has 2 aliphatic rings. The lowest BCUT2D eigenvalue weighted by molar-refractivity contribution is 0.192. The van der Waals surface area contributed by atoms with Crippen LogP contribution in [-0.2, 0) is 10.2 Å². The second kappa shape index (κ2) is 4.38. The molecule has 1 atom stereocenters. The summed E-state index contributed by atoms with van der Waals surface area (Å²) in [5.74, 6) is 1.42. The van der Waals surface area contributed by atoms with E-state index in [1.807, 2.05) is 12.1 Å². The zero-order valence-corrected chi connectivity index (χ0v) is 11.0. The summed E-state index contributed by atoms with van der Waals surface area (Å²) in [5.41, 5.74) is 0.857. The summed E-state index contributed by atoms with van der Waals surface area (Å²) < 4.78 is 23.9. The van der Waals surface area contributed by atoms with Crippen LogP contribution in [0.1, 0.15) is 42.5 Å². The Morgan fingerprint density at radius 3 is 2.65 bits per heavy atom. The monoisotopic (exact) mass is 274 g/mol. The van der Waals surface area contributed by atoms with Crippen molar-refractivity contribution in [2.45, 2.75) is 30.6 Å². The Hall–Kier alpha value is -1.75. The molecule has 0 bridgehead atoms. The predicted molar refractivity (Wildman–Crippen MR) is 68.9 cm³/mol. The van der Waals surface area contributed by atoms with E-state index in [9.17, 15) is 4.39 Å². The van der Waals surface area contributed by atoms with Crippen LogP contribution < -0.4 is 0 Å². The molecule has 20 heavy (non-hydrogen) atoms. The highest BCUT2D eigenvalue weighted by molar-refractivity contribution is 5.38. The summed E-state index contributed by atoms with van der Waals surface area (Å²) in [6.45, 7) is 1.43. The maximum Gasteiger partial charge on any atom is 0.237 e. The molecule has 0 radical (unpaired) electrons. The summed E-state index contributed by atoms with van der Waals surface area (Å²) in [6, 6.07) is 6.59. The van der Waals surface area contributed by atoms with Crippen LogP contribution in [0.5, 0.6) is 0 Å². The summed E-state index contributed by atoms with van der Waals surface area (Å²) >= 11 is 0. The van der Waals surface area contributed by atoms with Crippen molar-refractivity contribution in [2.24, 2.45) is 0 Å². The van der Waals surface area contributed by atoms with E-state index in [1.165, 1.54) is 12.1 Å². The topological polar surface area (TPSA) is 48.2 Å². The normalized spacial score (nSPS) is 23.9. The van der Waals surface area contributed by atoms with Crippen LogP contribution in [-0.4, -0.2) is 23.4 Å². The first-order valence-corrected chi connectivity index (χ1v) is 6.96. The molecule has 4 nitrogen and oxygen atoms in total. The van der Waals surface area contributed by atoms with Crippen molar-refractivity contribution in [2.75, 3.05) is 13.2 Å². The number of aromatic nitrogens is 2. The van der Waals surface area contributed by atoms with Gasteiger partial charge in [0.15, 0.2) is 5.82 Å². The lowest BCUT2D eigenvalue weighted by Gasteiger charge is -2.10. The van der Waals surface area contributed by atoms with Crippen molar-refractivity contribution >= 4 is 0 Å². The van der Waals surface area contributed by atoms with Gasteiger partial charge in [-0.05, 0) is 37.0 Å². The van der Waals surface area contributed by atoms with Gasteiger partial charge in [-0.3, -0.25) is 0 Å². The third kappa shape index (κ3) is 1.85. The summed E-state index contributed by atoms with van der Waals surface area (Å²) in [6.07, 6.45) is 2.89. The minimum atomic E-state index is -0.223. The Morgan fingerprint density at radius 1 is 1.20 bits per heavy atom. The fourth-order valence-corrected chi connectivity index (χ4v) is 2.85. The van der Waals surface area contributed by atoms with Crippen molar-refractivity contribution in [1.82, 2.24) is 10.1 Å². The lowest BCUT2D eigenvalue weighted by Crippen LogP contribution is -2.10. The third-order valence-electron chi connectivity index (χ3n) is 4.29. The predicted octanol–water partition coefficient (Wildman–Crippen LogP) is 2.79. The molecule has 5 heteroatoms. The first kappa shape index (κ1) is 12.0. The summed E-state index contributed by atoms with van der Waals surface area (Å²) in [4.78, 5) is 4.57. The van der Waals surface area contributed by atoms with E-state index in [0.717, 1.165) is 37.3 Å². The molecule has 0 amide bonds. The van der Waals surface area contributed by atoms with Gasteiger partial charge >= 0.3 is 0 Å². The molecule has 1 aliphatic heterocycles. The van der Waals surface area contributed by atoms with Crippen LogP contribution in [0.4, 0.5) is 4.39 Å². The Morgan fingerprint density at radius 2 is 2.00 bits per heavy atom. The molecule has 4 rings (SSSR count). The second-order valence-electron chi connectivity index (χ2n) is 5.61. The Labute approximate surface area is 115 Å².